The molecule has 0 amide bonds. The average Bonchev–Trinajstić information content (AvgIpc) is 2.70. The Hall–Kier alpha value is -1.36. The van der Waals surface area contributed by atoms with Gasteiger partial charge in [0.05, 0.1) is 12.0 Å². The molecule has 0 saturated heterocycles. The first-order valence-corrected chi connectivity index (χ1v) is 6.98. The van der Waals surface area contributed by atoms with Gasteiger partial charge in [-0.1, -0.05) is 6.92 Å². The van der Waals surface area contributed by atoms with E-state index in [1.165, 1.54) is 0 Å². The number of aromatic nitrogens is 2. The Morgan fingerprint density at radius 1 is 1.63 bits per heavy atom. The molecule has 5 heteroatoms. The quantitative estimate of drug-likeness (QED) is 0.874. The number of carbonyl (C=O) groups is 1. The number of hydrogen-bond donors (Lipinski definition) is 2. The molecule has 19 heavy (non-hydrogen) atoms. The summed E-state index contributed by atoms with van der Waals surface area (Å²) in [5, 5.41) is 12.8. The van der Waals surface area contributed by atoms with E-state index in [1.54, 1.807) is 0 Å². The van der Waals surface area contributed by atoms with E-state index < -0.39 is 11.5 Å². The first-order chi connectivity index (χ1) is 9.00. The van der Waals surface area contributed by atoms with Crippen LogP contribution < -0.4 is 5.32 Å². The second kappa shape index (κ2) is 5.33. The minimum absolute atomic E-state index is 0.227. The molecular weight excluding hydrogens is 242 g/mol. The Bertz CT molecular complexity index is 465. The lowest BCUT2D eigenvalue weighted by Gasteiger charge is -2.39. The summed E-state index contributed by atoms with van der Waals surface area (Å²) in [6.45, 7) is 6.68. The van der Waals surface area contributed by atoms with Gasteiger partial charge < -0.3 is 15.0 Å². The van der Waals surface area contributed by atoms with Gasteiger partial charge in [0.2, 0.25) is 0 Å². The molecule has 1 aliphatic rings. The van der Waals surface area contributed by atoms with Crippen molar-refractivity contribution in [3.63, 3.8) is 0 Å². The van der Waals surface area contributed by atoms with Crippen molar-refractivity contribution in [2.24, 2.45) is 0 Å². The lowest BCUT2D eigenvalue weighted by Crippen LogP contribution is -2.55. The first-order valence-electron chi connectivity index (χ1n) is 6.98. The van der Waals surface area contributed by atoms with Crippen molar-refractivity contribution < 1.29 is 9.90 Å². The number of imidazole rings is 1. The predicted molar refractivity (Wildman–Crippen MR) is 73.2 cm³/mol. The van der Waals surface area contributed by atoms with Crippen molar-refractivity contribution >= 4 is 5.97 Å². The van der Waals surface area contributed by atoms with Crippen molar-refractivity contribution in [3.8, 4) is 0 Å². The highest BCUT2D eigenvalue weighted by Crippen LogP contribution is 2.36. The topological polar surface area (TPSA) is 67.2 Å². The third-order valence-electron chi connectivity index (χ3n) is 4.33. The maximum absolute atomic E-state index is 11.6. The van der Waals surface area contributed by atoms with E-state index in [4.69, 9.17) is 0 Å². The highest BCUT2D eigenvalue weighted by atomic mass is 16.4. The summed E-state index contributed by atoms with van der Waals surface area (Å²) in [7, 11) is 0. The predicted octanol–water partition coefficient (Wildman–Crippen LogP) is 2.05. The minimum atomic E-state index is -0.776. The summed E-state index contributed by atoms with van der Waals surface area (Å²) in [6, 6.07) is 0.227. The Labute approximate surface area is 114 Å². The van der Waals surface area contributed by atoms with Crippen molar-refractivity contribution in [2.75, 3.05) is 6.54 Å². The summed E-state index contributed by atoms with van der Waals surface area (Å²) < 4.78 is 2.14. The van der Waals surface area contributed by atoms with E-state index >= 15 is 0 Å². The van der Waals surface area contributed by atoms with E-state index in [9.17, 15) is 9.90 Å². The molecule has 0 spiro atoms. The normalized spacial score (nSPS) is 27.4. The second-order valence-corrected chi connectivity index (χ2v) is 5.49. The van der Waals surface area contributed by atoms with Gasteiger partial charge in [-0.25, -0.2) is 4.98 Å². The highest BCUT2D eigenvalue weighted by molar-refractivity contribution is 5.79. The van der Waals surface area contributed by atoms with Crippen molar-refractivity contribution in [1.82, 2.24) is 14.9 Å². The molecule has 1 saturated carbocycles. The molecule has 1 fully saturated rings. The number of carboxylic acids is 1. The summed E-state index contributed by atoms with van der Waals surface area (Å²) in [5.41, 5.74) is 1.39. The number of likely N-dealkylation sites (N-methyl/N-ethyl adjacent to an activating group) is 1. The van der Waals surface area contributed by atoms with Gasteiger partial charge in [0, 0.05) is 11.7 Å². The smallest absolute Gasteiger partial charge is 0.323 e. The molecule has 2 N–H and O–H groups in total. The van der Waals surface area contributed by atoms with Gasteiger partial charge in [0.1, 0.15) is 5.54 Å². The molecule has 2 unspecified atom stereocenters. The Balaban J connectivity index is 2.25. The summed E-state index contributed by atoms with van der Waals surface area (Å²) in [4.78, 5) is 16.0. The van der Waals surface area contributed by atoms with Gasteiger partial charge in [0.15, 0.2) is 0 Å². The number of rotatable bonds is 4. The fourth-order valence-electron chi connectivity index (χ4n) is 3.14. The summed E-state index contributed by atoms with van der Waals surface area (Å²) in [6.07, 6.45) is 5.14. The van der Waals surface area contributed by atoms with Crippen LogP contribution in [0.1, 0.15) is 50.0 Å². The second-order valence-electron chi connectivity index (χ2n) is 5.49. The van der Waals surface area contributed by atoms with Crippen LogP contribution >= 0.6 is 0 Å². The van der Waals surface area contributed by atoms with Crippen molar-refractivity contribution in [3.05, 3.63) is 17.7 Å². The van der Waals surface area contributed by atoms with E-state index in [-0.39, 0.29) is 6.04 Å². The number of nitrogens with zero attached hydrogens (tertiary/aromatic N) is 2. The largest absolute Gasteiger partial charge is 0.480 e. The third-order valence-corrected chi connectivity index (χ3v) is 4.33. The standard InChI is InChI=1S/C14H23N3O2/c1-4-16-14(13(18)19)7-5-6-12(8-14)17-9-15-10(2)11(17)3/h9,12,16H,4-8H2,1-3H3,(H,18,19). The van der Waals surface area contributed by atoms with Crippen LogP contribution in [0.4, 0.5) is 0 Å². The highest BCUT2D eigenvalue weighted by Gasteiger charge is 2.42. The maximum Gasteiger partial charge on any atom is 0.323 e. The lowest BCUT2D eigenvalue weighted by molar-refractivity contribution is -0.147. The Morgan fingerprint density at radius 2 is 2.37 bits per heavy atom. The molecule has 1 aliphatic carbocycles. The summed E-state index contributed by atoms with van der Waals surface area (Å²) in [5.74, 6) is -0.728. The molecule has 2 atom stereocenters. The van der Waals surface area contributed by atoms with Gasteiger partial charge in [-0.3, -0.25) is 4.79 Å². The monoisotopic (exact) mass is 265 g/mol. The van der Waals surface area contributed by atoms with Crippen LogP contribution in [0.3, 0.4) is 0 Å². The zero-order valence-corrected chi connectivity index (χ0v) is 11.9. The maximum atomic E-state index is 11.6. The third kappa shape index (κ3) is 2.52. The lowest BCUT2D eigenvalue weighted by atomic mass is 9.78. The molecule has 1 aromatic rings. The van der Waals surface area contributed by atoms with E-state index in [0.717, 1.165) is 24.2 Å². The van der Waals surface area contributed by atoms with Crippen LogP contribution in [0.2, 0.25) is 0 Å². The molecule has 0 bridgehead atoms. The van der Waals surface area contributed by atoms with Gasteiger partial charge in [0.25, 0.3) is 0 Å². The SMILES string of the molecule is CCNC1(C(=O)O)CCCC(n2cnc(C)c2C)C1. The van der Waals surface area contributed by atoms with E-state index in [1.807, 2.05) is 27.1 Å². The number of aryl methyl sites for hydroxylation is 1. The molecule has 1 heterocycles. The average molecular weight is 265 g/mol. The number of aliphatic carboxylic acids is 1. The molecule has 0 aromatic carbocycles. The molecule has 106 valence electrons. The molecule has 0 aliphatic heterocycles. The summed E-state index contributed by atoms with van der Waals surface area (Å²) >= 11 is 0. The first kappa shape index (κ1) is 14.1. The van der Waals surface area contributed by atoms with Crippen molar-refractivity contribution in [2.45, 2.75) is 58.0 Å². The van der Waals surface area contributed by atoms with E-state index in [2.05, 4.69) is 14.9 Å². The van der Waals surface area contributed by atoms with Crippen LogP contribution in [0.5, 0.6) is 0 Å². The molecule has 2 rings (SSSR count). The van der Waals surface area contributed by atoms with Crippen LogP contribution in [0, 0.1) is 13.8 Å². The fraction of sp³-hybridized carbons (Fsp3) is 0.714. The van der Waals surface area contributed by atoms with Crippen LogP contribution in [0.25, 0.3) is 0 Å². The molecule has 0 radical (unpaired) electrons. The Kier molecular flexibility index (Phi) is 3.94. The zero-order chi connectivity index (χ0) is 14.0. The van der Waals surface area contributed by atoms with E-state index in [0.29, 0.717) is 19.4 Å². The fourth-order valence-corrected chi connectivity index (χ4v) is 3.14. The zero-order valence-electron chi connectivity index (χ0n) is 11.9. The Morgan fingerprint density at radius 3 is 2.89 bits per heavy atom. The minimum Gasteiger partial charge on any atom is -0.480 e. The molecule has 1 aromatic heterocycles. The number of nitrogens with one attached hydrogen (secondary N) is 1. The van der Waals surface area contributed by atoms with Crippen LogP contribution in [-0.4, -0.2) is 32.7 Å². The number of carboxylic acid groups (broad SMARTS) is 1. The van der Waals surface area contributed by atoms with Gasteiger partial charge in [-0.05, 0) is 46.1 Å². The molecule has 5 nitrogen and oxygen atoms in total. The van der Waals surface area contributed by atoms with Gasteiger partial charge >= 0.3 is 5.97 Å². The van der Waals surface area contributed by atoms with Crippen molar-refractivity contribution in [1.29, 1.82) is 0 Å². The van der Waals surface area contributed by atoms with Gasteiger partial charge in [-0.2, -0.15) is 0 Å². The van der Waals surface area contributed by atoms with Gasteiger partial charge in [-0.15, -0.1) is 0 Å². The number of hydrogen-bond acceptors (Lipinski definition) is 3. The van der Waals surface area contributed by atoms with Crippen LogP contribution in [0.15, 0.2) is 6.33 Å². The van der Waals surface area contributed by atoms with Crippen LogP contribution in [-0.2, 0) is 4.79 Å². The molecular formula is C14H23N3O2.